The van der Waals surface area contributed by atoms with Gasteiger partial charge in [-0.15, -0.1) is 0 Å². The smallest absolute Gasteiger partial charge is 0.343 e. The zero-order chi connectivity index (χ0) is 23.5. The molecule has 3 aromatic rings. The number of fused-ring (bicyclic) bond motifs is 5. The van der Waals surface area contributed by atoms with E-state index in [0.717, 1.165) is 22.0 Å². The first-order valence-corrected chi connectivity index (χ1v) is 11.2. The van der Waals surface area contributed by atoms with Crippen LogP contribution in [0, 0.1) is 0 Å². The molecule has 0 fully saturated rings. The Labute approximate surface area is 190 Å². The van der Waals surface area contributed by atoms with Crippen LogP contribution in [0.2, 0.25) is 0 Å². The number of carbonyl (C=O) groups excluding carboxylic acids is 1. The molecular formula is C25H26N2O6. The largest absolute Gasteiger partial charge is 0.496 e. The lowest BCUT2D eigenvalue weighted by atomic mass is 9.86. The summed E-state index contributed by atoms with van der Waals surface area (Å²) >= 11 is 0. The Hall–Kier alpha value is -3.23. The first-order chi connectivity index (χ1) is 15.9. The number of nitrogens with zero attached hydrogens (tertiary/aromatic N) is 2. The summed E-state index contributed by atoms with van der Waals surface area (Å²) in [4.78, 5) is 31.1. The highest BCUT2D eigenvalue weighted by atomic mass is 16.6. The summed E-state index contributed by atoms with van der Waals surface area (Å²) in [5, 5.41) is 12.0. The SMILES string of the molecule is CCOC1c2c(nc3cccc(OC)c3c2CC)-c2cc3c(c(=O)n21)COC(=O)[C@]3(O)CC. The van der Waals surface area contributed by atoms with E-state index < -0.39 is 17.8 Å². The third-order valence-corrected chi connectivity index (χ3v) is 6.73. The Morgan fingerprint density at radius 2 is 2.06 bits per heavy atom. The molecule has 0 aliphatic carbocycles. The number of methoxy groups -OCH3 is 1. The van der Waals surface area contributed by atoms with Crippen molar-refractivity contribution in [3.05, 3.63) is 56.9 Å². The number of esters is 1. The first-order valence-electron chi connectivity index (χ1n) is 11.2. The number of hydrogen-bond acceptors (Lipinski definition) is 7. The van der Waals surface area contributed by atoms with Crippen molar-refractivity contribution in [1.29, 1.82) is 0 Å². The van der Waals surface area contributed by atoms with Crippen molar-refractivity contribution in [3.63, 3.8) is 0 Å². The van der Waals surface area contributed by atoms with Crippen LogP contribution in [-0.4, -0.2) is 34.3 Å². The number of aryl methyl sites for hydroxylation is 1. The maximum atomic E-state index is 13.7. The van der Waals surface area contributed by atoms with E-state index in [1.807, 2.05) is 32.0 Å². The molecule has 4 heterocycles. The van der Waals surface area contributed by atoms with Crippen molar-refractivity contribution in [1.82, 2.24) is 9.55 Å². The fourth-order valence-corrected chi connectivity index (χ4v) is 5.11. The molecule has 2 aliphatic heterocycles. The Kier molecular flexibility index (Phi) is 5.02. The minimum atomic E-state index is -1.88. The van der Waals surface area contributed by atoms with Crippen LogP contribution in [0.5, 0.6) is 5.75 Å². The van der Waals surface area contributed by atoms with Crippen LogP contribution in [0.3, 0.4) is 0 Å². The van der Waals surface area contributed by atoms with Gasteiger partial charge in [-0.2, -0.15) is 0 Å². The molecule has 1 unspecified atom stereocenters. The third-order valence-electron chi connectivity index (χ3n) is 6.73. The highest BCUT2D eigenvalue weighted by Crippen LogP contribution is 2.46. The van der Waals surface area contributed by atoms with Crippen LogP contribution in [0.25, 0.3) is 22.3 Å². The van der Waals surface area contributed by atoms with Gasteiger partial charge in [-0.1, -0.05) is 19.9 Å². The molecule has 33 heavy (non-hydrogen) atoms. The number of pyridine rings is 2. The topological polar surface area (TPSA) is 99.9 Å². The highest BCUT2D eigenvalue weighted by molar-refractivity contribution is 5.93. The number of benzene rings is 1. The number of aliphatic hydroxyl groups is 1. The van der Waals surface area contributed by atoms with Gasteiger partial charge in [-0.25, -0.2) is 9.78 Å². The molecule has 2 aromatic heterocycles. The van der Waals surface area contributed by atoms with Gasteiger partial charge in [-0.3, -0.25) is 9.36 Å². The molecule has 8 heteroatoms. The number of rotatable bonds is 5. The van der Waals surface area contributed by atoms with E-state index in [0.29, 0.717) is 30.2 Å². The minimum absolute atomic E-state index is 0.0893. The molecule has 172 valence electrons. The van der Waals surface area contributed by atoms with Crippen molar-refractivity contribution >= 4 is 16.9 Å². The Morgan fingerprint density at radius 3 is 2.73 bits per heavy atom. The Balaban J connectivity index is 1.90. The number of aromatic nitrogens is 2. The summed E-state index contributed by atoms with van der Waals surface area (Å²) in [6.45, 7) is 5.80. The monoisotopic (exact) mass is 450 g/mol. The predicted octanol–water partition coefficient (Wildman–Crippen LogP) is 3.19. The van der Waals surface area contributed by atoms with Crippen LogP contribution >= 0.6 is 0 Å². The van der Waals surface area contributed by atoms with Crippen molar-refractivity contribution in [2.45, 2.75) is 52.0 Å². The van der Waals surface area contributed by atoms with E-state index in [1.165, 1.54) is 0 Å². The van der Waals surface area contributed by atoms with Crippen LogP contribution in [0.15, 0.2) is 29.1 Å². The predicted molar refractivity (Wildman–Crippen MR) is 121 cm³/mol. The minimum Gasteiger partial charge on any atom is -0.496 e. The van der Waals surface area contributed by atoms with Gasteiger partial charge < -0.3 is 19.3 Å². The van der Waals surface area contributed by atoms with Gasteiger partial charge in [0.25, 0.3) is 5.56 Å². The normalized spacial score (nSPS) is 20.9. The molecule has 2 aliphatic rings. The molecule has 0 bridgehead atoms. The quantitative estimate of drug-likeness (QED) is 0.596. The van der Waals surface area contributed by atoms with E-state index in [1.54, 1.807) is 24.7 Å². The Morgan fingerprint density at radius 1 is 1.27 bits per heavy atom. The van der Waals surface area contributed by atoms with Gasteiger partial charge in [0, 0.05) is 23.1 Å². The van der Waals surface area contributed by atoms with Crippen LogP contribution in [0.1, 0.15) is 55.7 Å². The zero-order valence-corrected chi connectivity index (χ0v) is 19.1. The van der Waals surface area contributed by atoms with Crippen molar-refractivity contribution in [2.75, 3.05) is 13.7 Å². The molecule has 0 saturated heterocycles. The second-order valence-electron chi connectivity index (χ2n) is 8.26. The third kappa shape index (κ3) is 2.80. The second-order valence-corrected chi connectivity index (χ2v) is 8.26. The van der Waals surface area contributed by atoms with Gasteiger partial charge in [0.15, 0.2) is 11.8 Å². The second kappa shape index (κ2) is 7.67. The van der Waals surface area contributed by atoms with E-state index in [-0.39, 0.29) is 29.7 Å². The molecule has 0 spiro atoms. The molecule has 5 rings (SSSR count). The summed E-state index contributed by atoms with van der Waals surface area (Å²) in [7, 11) is 1.62. The van der Waals surface area contributed by atoms with Crippen LogP contribution in [-0.2, 0) is 32.9 Å². The molecule has 0 saturated carbocycles. The molecule has 1 N–H and O–H groups in total. The van der Waals surface area contributed by atoms with Gasteiger partial charge in [0.1, 0.15) is 12.4 Å². The van der Waals surface area contributed by atoms with Gasteiger partial charge in [-0.05, 0) is 43.5 Å². The van der Waals surface area contributed by atoms with Gasteiger partial charge in [0.05, 0.1) is 29.6 Å². The fourth-order valence-electron chi connectivity index (χ4n) is 5.11. The van der Waals surface area contributed by atoms with Crippen molar-refractivity contribution in [2.24, 2.45) is 0 Å². The summed E-state index contributed by atoms with van der Waals surface area (Å²) in [5.41, 5.74) is 2.00. The van der Waals surface area contributed by atoms with Crippen molar-refractivity contribution < 1.29 is 24.1 Å². The maximum absolute atomic E-state index is 13.7. The van der Waals surface area contributed by atoms with Gasteiger partial charge >= 0.3 is 5.97 Å². The maximum Gasteiger partial charge on any atom is 0.343 e. The molecule has 2 atom stereocenters. The first kappa shape index (κ1) is 21.6. The summed E-state index contributed by atoms with van der Waals surface area (Å²) < 4.78 is 18.5. The van der Waals surface area contributed by atoms with Crippen LogP contribution < -0.4 is 10.3 Å². The molecular weight excluding hydrogens is 424 g/mol. The number of hydrogen-bond donors (Lipinski definition) is 1. The Bertz CT molecular complexity index is 1360. The standard InChI is InChI=1S/C25H26N2O6/c1-5-13-19-16(9-8-10-18(19)31-4)26-21-17-11-15-14(12-33-24(29)25(15,30)6-2)22(28)27(17)23(20(13)21)32-7-3/h8-11,23,30H,5-7,12H2,1-4H3/t23?,25-/m0/s1. The summed E-state index contributed by atoms with van der Waals surface area (Å²) in [6.07, 6.45) is 0.0854. The van der Waals surface area contributed by atoms with Crippen molar-refractivity contribution in [3.8, 4) is 17.1 Å². The molecule has 1 aromatic carbocycles. The van der Waals surface area contributed by atoms with E-state index in [2.05, 4.69) is 0 Å². The van der Waals surface area contributed by atoms with E-state index >= 15 is 0 Å². The molecule has 8 nitrogen and oxygen atoms in total. The molecule has 0 amide bonds. The van der Waals surface area contributed by atoms with E-state index in [4.69, 9.17) is 19.2 Å². The lowest BCUT2D eigenvalue weighted by Crippen LogP contribution is -2.44. The zero-order valence-electron chi connectivity index (χ0n) is 19.1. The average Bonchev–Trinajstić information content (AvgIpc) is 3.13. The number of carbonyl (C=O) groups is 1. The number of ether oxygens (including phenoxy) is 3. The average molecular weight is 450 g/mol. The lowest BCUT2D eigenvalue weighted by molar-refractivity contribution is -0.172. The van der Waals surface area contributed by atoms with Gasteiger partial charge in [0.2, 0.25) is 0 Å². The number of cyclic esters (lactones) is 1. The summed E-state index contributed by atoms with van der Waals surface area (Å²) in [6, 6.07) is 7.38. The van der Waals surface area contributed by atoms with Crippen LogP contribution in [0.4, 0.5) is 0 Å². The lowest BCUT2D eigenvalue weighted by Gasteiger charge is -2.32. The highest BCUT2D eigenvalue weighted by Gasteiger charge is 2.46. The fraction of sp³-hybridized carbons (Fsp3) is 0.400. The van der Waals surface area contributed by atoms with E-state index in [9.17, 15) is 14.7 Å². The summed E-state index contributed by atoms with van der Waals surface area (Å²) in [5.74, 6) is -0.0382. The molecule has 0 radical (unpaired) electrons.